The highest BCUT2D eigenvalue weighted by Gasteiger charge is 2.49. The summed E-state index contributed by atoms with van der Waals surface area (Å²) in [6, 6.07) is 0.277. The number of ether oxygens (including phenoxy) is 1. The molecule has 1 aliphatic heterocycles. The van der Waals surface area contributed by atoms with Crippen molar-refractivity contribution < 1.29 is 9.53 Å². The first-order chi connectivity index (χ1) is 10.5. The van der Waals surface area contributed by atoms with Gasteiger partial charge in [-0.15, -0.1) is 12.4 Å². The Kier molecular flexibility index (Phi) is 8.88. The van der Waals surface area contributed by atoms with E-state index < -0.39 is 0 Å². The molecular weight excluding hydrogens is 312 g/mol. The van der Waals surface area contributed by atoms with Crippen molar-refractivity contribution in [1.29, 1.82) is 0 Å². The van der Waals surface area contributed by atoms with Gasteiger partial charge < -0.3 is 15.4 Å². The molecule has 1 saturated carbocycles. The SMILES string of the molecule is CCCCOC1CC(NC(=O)CCC2CCNCC2)C1(C)C.Cl. The third kappa shape index (κ3) is 5.91. The van der Waals surface area contributed by atoms with E-state index in [4.69, 9.17) is 4.74 Å². The molecule has 1 heterocycles. The van der Waals surface area contributed by atoms with E-state index in [-0.39, 0.29) is 29.8 Å². The molecule has 23 heavy (non-hydrogen) atoms. The summed E-state index contributed by atoms with van der Waals surface area (Å²) in [5.74, 6) is 0.954. The molecule has 1 aliphatic carbocycles. The number of rotatable bonds is 8. The van der Waals surface area contributed by atoms with E-state index >= 15 is 0 Å². The van der Waals surface area contributed by atoms with Crippen molar-refractivity contribution in [2.75, 3.05) is 19.7 Å². The summed E-state index contributed by atoms with van der Waals surface area (Å²) in [5, 5.41) is 6.61. The molecule has 0 bridgehead atoms. The zero-order valence-electron chi connectivity index (χ0n) is 15.0. The van der Waals surface area contributed by atoms with Crippen molar-refractivity contribution >= 4 is 18.3 Å². The predicted molar refractivity (Wildman–Crippen MR) is 97.1 cm³/mol. The van der Waals surface area contributed by atoms with Crippen LogP contribution in [-0.4, -0.2) is 37.7 Å². The number of carbonyl (C=O) groups is 1. The molecule has 2 unspecified atom stereocenters. The fourth-order valence-corrected chi connectivity index (χ4v) is 3.56. The number of amides is 1. The van der Waals surface area contributed by atoms with Crippen molar-refractivity contribution in [3.8, 4) is 0 Å². The molecule has 0 radical (unpaired) electrons. The Balaban J connectivity index is 0.00000264. The van der Waals surface area contributed by atoms with Crippen molar-refractivity contribution in [3.63, 3.8) is 0 Å². The van der Waals surface area contributed by atoms with Gasteiger partial charge in [0, 0.05) is 24.5 Å². The molecule has 0 aromatic heterocycles. The molecule has 0 aromatic rings. The number of carbonyl (C=O) groups excluding carboxylic acids is 1. The third-order valence-electron chi connectivity index (χ3n) is 5.57. The highest BCUT2D eigenvalue weighted by atomic mass is 35.5. The van der Waals surface area contributed by atoms with Gasteiger partial charge in [0.2, 0.25) is 5.91 Å². The first-order valence-electron chi connectivity index (χ1n) is 9.15. The highest BCUT2D eigenvalue weighted by Crippen LogP contribution is 2.42. The number of hydrogen-bond donors (Lipinski definition) is 2. The van der Waals surface area contributed by atoms with Crippen LogP contribution in [-0.2, 0) is 9.53 Å². The van der Waals surface area contributed by atoms with Crippen molar-refractivity contribution in [1.82, 2.24) is 10.6 Å². The Bertz CT molecular complexity index is 357. The van der Waals surface area contributed by atoms with Crippen molar-refractivity contribution in [2.24, 2.45) is 11.3 Å². The standard InChI is InChI=1S/C18H34N2O2.ClH/c1-4-5-12-22-16-13-15(18(16,2)3)20-17(21)7-6-14-8-10-19-11-9-14;/h14-16,19H,4-13H2,1-3H3,(H,20,21);1H. The van der Waals surface area contributed by atoms with Gasteiger partial charge in [-0.3, -0.25) is 4.79 Å². The molecule has 5 heteroatoms. The van der Waals surface area contributed by atoms with Gasteiger partial charge in [0.15, 0.2) is 0 Å². The second kappa shape index (κ2) is 9.85. The lowest BCUT2D eigenvalue weighted by atomic mass is 9.64. The zero-order valence-corrected chi connectivity index (χ0v) is 15.8. The molecule has 2 fully saturated rings. The van der Waals surface area contributed by atoms with Crippen LogP contribution in [0.4, 0.5) is 0 Å². The van der Waals surface area contributed by atoms with Gasteiger partial charge in [0.05, 0.1) is 6.10 Å². The number of unbranched alkanes of at least 4 members (excludes halogenated alkanes) is 1. The molecule has 0 spiro atoms. The molecule has 2 atom stereocenters. The molecule has 1 amide bonds. The summed E-state index contributed by atoms with van der Waals surface area (Å²) in [4.78, 5) is 12.2. The number of halogens is 1. The molecule has 2 aliphatic rings. The Morgan fingerprint density at radius 1 is 1.30 bits per heavy atom. The van der Waals surface area contributed by atoms with Gasteiger partial charge in [-0.05, 0) is 51.1 Å². The zero-order chi connectivity index (χ0) is 16.0. The topological polar surface area (TPSA) is 50.4 Å². The second-order valence-corrected chi connectivity index (χ2v) is 7.62. The second-order valence-electron chi connectivity index (χ2n) is 7.62. The van der Waals surface area contributed by atoms with Crippen molar-refractivity contribution in [3.05, 3.63) is 0 Å². The van der Waals surface area contributed by atoms with Gasteiger partial charge in [-0.1, -0.05) is 27.2 Å². The lowest BCUT2D eigenvalue weighted by Gasteiger charge is -2.51. The molecule has 4 nitrogen and oxygen atoms in total. The number of nitrogens with one attached hydrogen (secondary N) is 2. The van der Waals surface area contributed by atoms with E-state index in [1.54, 1.807) is 0 Å². The molecule has 1 saturated heterocycles. The predicted octanol–water partition coefficient (Wildman–Crippen LogP) is 3.29. The van der Waals surface area contributed by atoms with Crippen LogP contribution in [0, 0.1) is 11.3 Å². The average molecular weight is 347 g/mol. The third-order valence-corrected chi connectivity index (χ3v) is 5.57. The average Bonchev–Trinajstić information content (AvgIpc) is 2.52. The molecule has 2 N–H and O–H groups in total. The quantitative estimate of drug-likeness (QED) is 0.663. The Morgan fingerprint density at radius 2 is 2.00 bits per heavy atom. The van der Waals surface area contributed by atoms with Gasteiger partial charge >= 0.3 is 0 Å². The normalized spacial score (nSPS) is 26.9. The Morgan fingerprint density at radius 3 is 2.61 bits per heavy atom. The Hall–Kier alpha value is -0.320. The first kappa shape index (κ1) is 20.7. The minimum Gasteiger partial charge on any atom is -0.378 e. The van der Waals surface area contributed by atoms with E-state index in [1.807, 2.05) is 0 Å². The maximum absolute atomic E-state index is 12.2. The van der Waals surface area contributed by atoms with Gasteiger partial charge in [0.1, 0.15) is 0 Å². The monoisotopic (exact) mass is 346 g/mol. The summed E-state index contributed by atoms with van der Waals surface area (Å²) in [6.07, 6.45) is 7.72. The van der Waals surface area contributed by atoms with Gasteiger partial charge in [-0.2, -0.15) is 0 Å². The van der Waals surface area contributed by atoms with Crippen LogP contribution in [0.3, 0.4) is 0 Å². The lowest BCUT2D eigenvalue weighted by molar-refractivity contribution is -0.138. The fourth-order valence-electron chi connectivity index (χ4n) is 3.56. The fraction of sp³-hybridized carbons (Fsp3) is 0.944. The number of piperidine rings is 1. The minimum atomic E-state index is 0. The van der Waals surface area contributed by atoms with Gasteiger partial charge in [-0.25, -0.2) is 0 Å². The summed E-state index contributed by atoms with van der Waals surface area (Å²) in [5.41, 5.74) is 0.0676. The van der Waals surface area contributed by atoms with Crippen LogP contribution in [0.25, 0.3) is 0 Å². The highest BCUT2D eigenvalue weighted by molar-refractivity contribution is 5.85. The van der Waals surface area contributed by atoms with E-state index in [2.05, 4.69) is 31.4 Å². The van der Waals surface area contributed by atoms with Crippen LogP contribution in [0.2, 0.25) is 0 Å². The summed E-state index contributed by atoms with van der Waals surface area (Å²) in [6.45, 7) is 9.68. The van der Waals surface area contributed by atoms with Crippen LogP contribution < -0.4 is 10.6 Å². The largest absolute Gasteiger partial charge is 0.378 e. The maximum Gasteiger partial charge on any atom is 0.220 e. The maximum atomic E-state index is 12.2. The van der Waals surface area contributed by atoms with Crippen LogP contribution in [0.5, 0.6) is 0 Å². The summed E-state index contributed by atoms with van der Waals surface area (Å²) in [7, 11) is 0. The minimum absolute atomic E-state index is 0. The lowest BCUT2D eigenvalue weighted by Crippen LogP contribution is -2.62. The van der Waals surface area contributed by atoms with Crippen LogP contribution in [0.1, 0.15) is 65.7 Å². The summed E-state index contributed by atoms with van der Waals surface area (Å²) < 4.78 is 5.94. The summed E-state index contributed by atoms with van der Waals surface area (Å²) >= 11 is 0. The van der Waals surface area contributed by atoms with Crippen LogP contribution in [0.15, 0.2) is 0 Å². The van der Waals surface area contributed by atoms with E-state index in [0.717, 1.165) is 44.9 Å². The van der Waals surface area contributed by atoms with E-state index in [0.29, 0.717) is 12.5 Å². The van der Waals surface area contributed by atoms with E-state index in [9.17, 15) is 4.79 Å². The molecular formula is C18H35ClN2O2. The van der Waals surface area contributed by atoms with Gasteiger partial charge in [0.25, 0.3) is 0 Å². The number of hydrogen-bond acceptors (Lipinski definition) is 3. The molecule has 136 valence electrons. The Labute approximate surface area is 147 Å². The first-order valence-corrected chi connectivity index (χ1v) is 9.15. The smallest absolute Gasteiger partial charge is 0.220 e. The molecule has 0 aromatic carbocycles. The van der Waals surface area contributed by atoms with Crippen molar-refractivity contribution in [2.45, 2.75) is 77.9 Å². The molecule has 2 rings (SSSR count). The van der Waals surface area contributed by atoms with E-state index in [1.165, 1.54) is 19.3 Å². The van der Waals surface area contributed by atoms with Crippen LogP contribution >= 0.6 is 12.4 Å².